The number of aromatic nitrogens is 2. The average Bonchev–Trinajstić information content (AvgIpc) is 2.10. The van der Waals surface area contributed by atoms with Crippen molar-refractivity contribution in [2.24, 2.45) is 0 Å². The van der Waals surface area contributed by atoms with Crippen LogP contribution in [0.15, 0.2) is 16.9 Å². The summed E-state index contributed by atoms with van der Waals surface area (Å²) in [5.41, 5.74) is 2.37. The zero-order valence-electron chi connectivity index (χ0n) is 7.89. The number of hydrogen-bond acceptors (Lipinski definition) is 2. The molecule has 0 aliphatic carbocycles. The lowest BCUT2D eigenvalue weighted by atomic mass is 10.1. The average molecular weight is 209 g/mol. The molecule has 2 aromatic rings. The molecule has 0 fully saturated rings. The van der Waals surface area contributed by atoms with Crippen LogP contribution in [0.3, 0.4) is 0 Å². The van der Waals surface area contributed by atoms with Crippen molar-refractivity contribution in [1.82, 2.24) is 9.97 Å². The van der Waals surface area contributed by atoms with Crippen molar-refractivity contribution in [1.29, 1.82) is 0 Å². The van der Waals surface area contributed by atoms with Crippen LogP contribution < -0.4 is 5.56 Å². The van der Waals surface area contributed by atoms with E-state index < -0.39 is 0 Å². The zero-order valence-corrected chi connectivity index (χ0v) is 8.64. The maximum absolute atomic E-state index is 11.6. The van der Waals surface area contributed by atoms with Crippen LogP contribution in [0.1, 0.15) is 11.1 Å². The number of nitrogens with zero attached hydrogens (tertiary/aromatic N) is 1. The van der Waals surface area contributed by atoms with Gasteiger partial charge in [0.25, 0.3) is 5.56 Å². The number of benzene rings is 1. The van der Waals surface area contributed by atoms with E-state index in [1.807, 2.05) is 26.0 Å². The molecule has 4 heteroatoms. The maximum Gasteiger partial charge on any atom is 0.259 e. The van der Waals surface area contributed by atoms with E-state index in [1.54, 1.807) is 0 Å². The molecule has 2 rings (SSSR count). The molecule has 0 saturated heterocycles. The molecule has 1 N–H and O–H groups in total. The number of nitrogens with one attached hydrogen (secondary N) is 1. The molecule has 0 unspecified atom stereocenters. The molecule has 0 atom stereocenters. The summed E-state index contributed by atoms with van der Waals surface area (Å²) in [7, 11) is 0. The second-order valence-corrected chi connectivity index (χ2v) is 3.64. The first-order valence-corrected chi connectivity index (χ1v) is 4.63. The normalized spacial score (nSPS) is 10.8. The number of rotatable bonds is 0. The zero-order chi connectivity index (χ0) is 10.3. The molecule has 0 bridgehead atoms. The van der Waals surface area contributed by atoms with Gasteiger partial charge in [0.05, 0.1) is 10.9 Å². The Kier molecular flexibility index (Phi) is 2.04. The van der Waals surface area contributed by atoms with E-state index in [2.05, 4.69) is 9.97 Å². The third-order valence-corrected chi connectivity index (χ3v) is 2.42. The van der Waals surface area contributed by atoms with Gasteiger partial charge in [-0.05, 0) is 36.6 Å². The molecule has 72 valence electrons. The van der Waals surface area contributed by atoms with Crippen molar-refractivity contribution >= 4 is 22.5 Å². The quantitative estimate of drug-likeness (QED) is 0.675. The van der Waals surface area contributed by atoms with Crippen LogP contribution in [0.4, 0.5) is 0 Å². The Morgan fingerprint density at radius 3 is 2.64 bits per heavy atom. The van der Waals surface area contributed by atoms with Gasteiger partial charge in [-0.25, -0.2) is 4.98 Å². The summed E-state index contributed by atoms with van der Waals surface area (Å²) in [6.45, 7) is 3.79. The van der Waals surface area contributed by atoms with E-state index in [1.165, 1.54) is 0 Å². The van der Waals surface area contributed by atoms with E-state index in [0.717, 1.165) is 11.1 Å². The van der Waals surface area contributed by atoms with Crippen LogP contribution in [-0.2, 0) is 0 Å². The standard InChI is InChI=1S/C10H9ClN2O/c1-5-3-4-6(2)8-7(5)9(14)13-10(11)12-8/h3-4H,1-2H3,(H,12,13,14). The lowest BCUT2D eigenvalue weighted by molar-refractivity contribution is 1.16. The smallest absolute Gasteiger partial charge is 0.259 e. The van der Waals surface area contributed by atoms with Gasteiger partial charge in [-0.1, -0.05) is 12.1 Å². The molecular weight excluding hydrogens is 200 g/mol. The fourth-order valence-corrected chi connectivity index (χ4v) is 1.68. The number of H-pyrrole nitrogens is 1. The van der Waals surface area contributed by atoms with E-state index in [0.29, 0.717) is 10.9 Å². The Hall–Kier alpha value is -1.35. The first-order valence-electron chi connectivity index (χ1n) is 4.25. The van der Waals surface area contributed by atoms with E-state index in [-0.39, 0.29) is 10.8 Å². The third kappa shape index (κ3) is 1.30. The molecule has 1 heterocycles. The van der Waals surface area contributed by atoms with Crippen molar-refractivity contribution in [3.63, 3.8) is 0 Å². The third-order valence-electron chi connectivity index (χ3n) is 2.24. The number of aryl methyl sites for hydroxylation is 2. The summed E-state index contributed by atoms with van der Waals surface area (Å²) < 4.78 is 0. The molecule has 1 aromatic heterocycles. The van der Waals surface area contributed by atoms with E-state index in [4.69, 9.17) is 11.6 Å². The molecule has 0 amide bonds. The number of hydrogen-bond donors (Lipinski definition) is 1. The summed E-state index contributed by atoms with van der Waals surface area (Å²) in [5.74, 6) is 0. The van der Waals surface area contributed by atoms with Gasteiger partial charge < -0.3 is 0 Å². The highest BCUT2D eigenvalue weighted by atomic mass is 35.5. The van der Waals surface area contributed by atoms with Gasteiger partial charge in [-0.15, -0.1) is 0 Å². The molecule has 0 aliphatic rings. The number of fused-ring (bicyclic) bond motifs is 1. The van der Waals surface area contributed by atoms with E-state index in [9.17, 15) is 4.79 Å². The predicted octanol–water partition coefficient (Wildman–Crippen LogP) is 2.19. The molecule has 0 spiro atoms. The van der Waals surface area contributed by atoms with Crippen LogP contribution in [0, 0.1) is 13.8 Å². The summed E-state index contributed by atoms with van der Waals surface area (Å²) >= 11 is 5.68. The van der Waals surface area contributed by atoms with Crippen molar-refractivity contribution in [2.75, 3.05) is 0 Å². The van der Waals surface area contributed by atoms with Crippen molar-refractivity contribution in [2.45, 2.75) is 13.8 Å². The minimum atomic E-state index is -0.179. The van der Waals surface area contributed by atoms with Gasteiger partial charge in [0.2, 0.25) is 5.28 Å². The Morgan fingerprint density at radius 1 is 1.29 bits per heavy atom. The molecule has 0 aliphatic heterocycles. The molecule has 0 radical (unpaired) electrons. The number of aromatic amines is 1. The van der Waals surface area contributed by atoms with Crippen LogP contribution in [-0.4, -0.2) is 9.97 Å². The second-order valence-electron chi connectivity index (χ2n) is 3.28. The summed E-state index contributed by atoms with van der Waals surface area (Å²) in [6.07, 6.45) is 0. The highest BCUT2D eigenvalue weighted by molar-refractivity contribution is 6.28. The fourth-order valence-electron chi connectivity index (χ4n) is 1.51. The Morgan fingerprint density at radius 2 is 1.93 bits per heavy atom. The first kappa shape index (κ1) is 9.21. The lowest BCUT2D eigenvalue weighted by Crippen LogP contribution is -2.09. The largest absolute Gasteiger partial charge is 0.297 e. The Bertz CT molecular complexity index is 560. The summed E-state index contributed by atoms with van der Waals surface area (Å²) in [4.78, 5) is 18.2. The van der Waals surface area contributed by atoms with Crippen LogP contribution >= 0.6 is 11.6 Å². The minimum Gasteiger partial charge on any atom is -0.297 e. The number of halogens is 1. The van der Waals surface area contributed by atoms with E-state index >= 15 is 0 Å². The van der Waals surface area contributed by atoms with Gasteiger partial charge in [0.1, 0.15) is 0 Å². The molecule has 14 heavy (non-hydrogen) atoms. The highest BCUT2D eigenvalue weighted by Gasteiger charge is 2.06. The Labute approximate surface area is 85.7 Å². The van der Waals surface area contributed by atoms with Crippen LogP contribution in [0.2, 0.25) is 5.28 Å². The first-order chi connectivity index (χ1) is 6.59. The molecule has 1 aromatic carbocycles. The summed E-state index contributed by atoms with van der Waals surface area (Å²) in [5, 5.41) is 0.755. The monoisotopic (exact) mass is 208 g/mol. The summed E-state index contributed by atoms with van der Waals surface area (Å²) in [6, 6.07) is 3.84. The second kappa shape index (κ2) is 3.10. The topological polar surface area (TPSA) is 45.8 Å². The van der Waals surface area contributed by atoms with Gasteiger partial charge in [-0.3, -0.25) is 9.78 Å². The highest BCUT2D eigenvalue weighted by Crippen LogP contribution is 2.17. The Balaban J connectivity index is 3.08. The minimum absolute atomic E-state index is 0.135. The fraction of sp³-hybridized carbons (Fsp3) is 0.200. The van der Waals surface area contributed by atoms with Gasteiger partial charge in [0.15, 0.2) is 0 Å². The van der Waals surface area contributed by atoms with Gasteiger partial charge in [-0.2, -0.15) is 0 Å². The molecule has 0 saturated carbocycles. The maximum atomic E-state index is 11.6. The molecule has 3 nitrogen and oxygen atoms in total. The van der Waals surface area contributed by atoms with Gasteiger partial charge >= 0.3 is 0 Å². The van der Waals surface area contributed by atoms with Crippen molar-refractivity contribution in [3.8, 4) is 0 Å². The van der Waals surface area contributed by atoms with Crippen molar-refractivity contribution < 1.29 is 0 Å². The molecular formula is C10H9ClN2O. The van der Waals surface area contributed by atoms with Gasteiger partial charge in [0, 0.05) is 0 Å². The SMILES string of the molecule is Cc1ccc(C)c2c(=O)[nH]c(Cl)nc12. The predicted molar refractivity (Wildman–Crippen MR) is 56.8 cm³/mol. The lowest BCUT2D eigenvalue weighted by Gasteiger charge is -2.03. The van der Waals surface area contributed by atoms with Crippen LogP contribution in [0.5, 0.6) is 0 Å². The van der Waals surface area contributed by atoms with Crippen molar-refractivity contribution in [3.05, 3.63) is 38.9 Å². The van der Waals surface area contributed by atoms with Crippen LogP contribution in [0.25, 0.3) is 10.9 Å².